The first kappa shape index (κ1) is 15.0. The molecule has 0 saturated carbocycles. The molecule has 0 amide bonds. The fourth-order valence-corrected chi connectivity index (χ4v) is 2.58. The summed E-state index contributed by atoms with van der Waals surface area (Å²) in [5, 5.41) is 4.75. The number of rotatable bonds is 6. The Balaban J connectivity index is 2.74. The van der Waals surface area contributed by atoms with E-state index in [-0.39, 0.29) is 18.0 Å². The molecule has 0 fully saturated rings. The number of nitrogens with zero attached hydrogens (tertiary/aromatic N) is 1. The molecule has 0 bridgehead atoms. The minimum Gasteiger partial charge on any atom is -0.325 e. The van der Waals surface area contributed by atoms with Crippen LogP contribution in [0.4, 0.5) is 0 Å². The summed E-state index contributed by atoms with van der Waals surface area (Å²) in [5.41, 5.74) is 5.88. The SMILES string of the molecule is NCc1ccc(S(=O)(=O)NCCS(N)(=O)=O)cn1. The van der Waals surface area contributed by atoms with E-state index in [1.165, 1.54) is 12.1 Å². The number of nitrogens with one attached hydrogen (secondary N) is 1. The van der Waals surface area contributed by atoms with Crippen molar-refractivity contribution in [1.82, 2.24) is 9.71 Å². The van der Waals surface area contributed by atoms with Gasteiger partial charge in [0.25, 0.3) is 0 Å². The van der Waals surface area contributed by atoms with Crippen molar-refractivity contribution in [3.8, 4) is 0 Å². The molecular weight excluding hydrogens is 280 g/mol. The second-order valence-electron chi connectivity index (χ2n) is 3.45. The van der Waals surface area contributed by atoms with Crippen molar-refractivity contribution in [2.45, 2.75) is 11.4 Å². The molecule has 0 aliphatic carbocycles. The molecule has 0 aliphatic heterocycles. The highest BCUT2D eigenvalue weighted by atomic mass is 32.2. The molecule has 1 heterocycles. The van der Waals surface area contributed by atoms with Crippen molar-refractivity contribution in [2.75, 3.05) is 12.3 Å². The first-order valence-electron chi connectivity index (χ1n) is 4.90. The minimum absolute atomic E-state index is 0.0610. The minimum atomic E-state index is -3.78. The summed E-state index contributed by atoms with van der Waals surface area (Å²) in [5.74, 6) is -0.472. The Kier molecular flexibility index (Phi) is 4.76. The largest absolute Gasteiger partial charge is 0.325 e. The quantitative estimate of drug-likeness (QED) is 0.559. The third-order valence-corrected chi connectivity index (χ3v) is 4.22. The lowest BCUT2D eigenvalue weighted by atomic mass is 10.4. The van der Waals surface area contributed by atoms with Crippen molar-refractivity contribution in [3.63, 3.8) is 0 Å². The predicted octanol–water partition coefficient (Wildman–Crippen LogP) is -1.89. The van der Waals surface area contributed by atoms with Crippen LogP contribution in [0.15, 0.2) is 23.2 Å². The zero-order chi connectivity index (χ0) is 13.8. The molecule has 0 aromatic carbocycles. The highest BCUT2D eigenvalue weighted by Crippen LogP contribution is 2.07. The van der Waals surface area contributed by atoms with Crippen LogP contribution in [0.25, 0.3) is 0 Å². The average molecular weight is 294 g/mol. The van der Waals surface area contributed by atoms with Crippen molar-refractivity contribution in [2.24, 2.45) is 10.9 Å². The molecule has 8 nitrogen and oxygen atoms in total. The maximum absolute atomic E-state index is 11.7. The van der Waals surface area contributed by atoms with E-state index in [4.69, 9.17) is 10.9 Å². The maximum atomic E-state index is 11.7. The van der Waals surface area contributed by atoms with Crippen LogP contribution in [0.5, 0.6) is 0 Å². The molecular formula is C8H14N4O4S2. The number of nitrogens with two attached hydrogens (primary N) is 2. The molecule has 1 aromatic rings. The van der Waals surface area contributed by atoms with Gasteiger partial charge in [-0.2, -0.15) is 0 Å². The smallest absolute Gasteiger partial charge is 0.242 e. The van der Waals surface area contributed by atoms with Crippen molar-refractivity contribution >= 4 is 20.0 Å². The van der Waals surface area contributed by atoms with E-state index >= 15 is 0 Å². The van der Waals surface area contributed by atoms with Crippen LogP contribution < -0.4 is 15.6 Å². The number of pyridine rings is 1. The van der Waals surface area contributed by atoms with Gasteiger partial charge in [0, 0.05) is 19.3 Å². The van der Waals surface area contributed by atoms with Crippen LogP contribution in [0.1, 0.15) is 5.69 Å². The van der Waals surface area contributed by atoms with Crippen LogP contribution in [-0.4, -0.2) is 34.1 Å². The molecule has 1 rings (SSSR count). The third-order valence-electron chi connectivity index (χ3n) is 2.00. The predicted molar refractivity (Wildman–Crippen MR) is 65.3 cm³/mol. The lowest BCUT2D eigenvalue weighted by Gasteiger charge is -2.06. The van der Waals surface area contributed by atoms with Gasteiger partial charge in [-0.05, 0) is 12.1 Å². The molecule has 0 spiro atoms. The highest BCUT2D eigenvalue weighted by Gasteiger charge is 2.15. The van der Waals surface area contributed by atoms with Gasteiger partial charge in [0.1, 0.15) is 4.90 Å². The van der Waals surface area contributed by atoms with Crippen molar-refractivity contribution in [1.29, 1.82) is 0 Å². The summed E-state index contributed by atoms with van der Waals surface area (Å²) in [6.45, 7) is -0.0843. The van der Waals surface area contributed by atoms with Gasteiger partial charge in [0.15, 0.2) is 0 Å². The zero-order valence-electron chi connectivity index (χ0n) is 9.40. The topological polar surface area (TPSA) is 145 Å². The Morgan fingerprint density at radius 1 is 1.22 bits per heavy atom. The summed E-state index contributed by atoms with van der Waals surface area (Å²) < 4.78 is 46.8. The molecule has 0 unspecified atom stereocenters. The Morgan fingerprint density at radius 2 is 1.89 bits per heavy atom. The fourth-order valence-electron chi connectivity index (χ4n) is 1.09. The molecule has 0 aliphatic rings. The lowest BCUT2D eigenvalue weighted by Crippen LogP contribution is -2.31. The van der Waals surface area contributed by atoms with Gasteiger partial charge in [-0.25, -0.2) is 26.7 Å². The Hall–Kier alpha value is -1.07. The molecule has 18 heavy (non-hydrogen) atoms. The first-order valence-corrected chi connectivity index (χ1v) is 8.09. The van der Waals surface area contributed by atoms with E-state index in [1.807, 2.05) is 0 Å². The standard InChI is InChI=1S/C8H14N4O4S2/c9-5-7-1-2-8(6-11-7)18(15,16)12-3-4-17(10,13)14/h1-2,6,12H,3-5,9H2,(H2,10,13,14). The van der Waals surface area contributed by atoms with Gasteiger partial charge < -0.3 is 5.73 Å². The van der Waals surface area contributed by atoms with Gasteiger partial charge in [-0.15, -0.1) is 0 Å². The van der Waals surface area contributed by atoms with E-state index in [0.717, 1.165) is 6.20 Å². The highest BCUT2D eigenvalue weighted by molar-refractivity contribution is 7.90. The van der Waals surface area contributed by atoms with Crippen LogP contribution in [0, 0.1) is 0 Å². The molecule has 0 atom stereocenters. The Labute approximate surface area is 105 Å². The van der Waals surface area contributed by atoms with Gasteiger partial charge in [-0.1, -0.05) is 0 Å². The fraction of sp³-hybridized carbons (Fsp3) is 0.375. The molecule has 0 radical (unpaired) electrons. The van der Waals surface area contributed by atoms with E-state index in [2.05, 4.69) is 9.71 Å². The van der Waals surface area contributed by atoms with Gasteiger partial charge >= 0.3 is 0 Å². The van der Waals surface area contributed by atoms with E-state index < -0.39 is 25.8 Å². The second kappa shape index (κ2) is 5.71. The maximum Gasteiger partial charge on any atom is 0.242 e. The molecule has 5 N–H and O–H groups in total. The number of primary sulfonamides is 1. The Morgan fingerprint density at radius 3 is 2.33 bits per heavy atom. The van der Waals surface area contributed by atoms with Crippen LogP contribution in [-0.2, 0) is 26.6 Å². The molecule has 102 valence electrons. The van der Waals surface area contributed by atoms with E-state index in [9.17, 15) is 16.8 Å². The lowest BCUT2D eigenvalue weighted by molar-refractivity contribution is 0.581. The van der Waals surface area contributed by atoms with E-state index in [1.54, 1.807) is 0 Å². The third kappa shape index (κ3) is 4.66. The van der Waals surface area contributed by atoms with Gasteiger partial charge in [-0.3, -0.25) is 4.98 Å². The summed E-state index contributed by atoms with van der Waals surface area (Å²) in [7, 11) is -7.48. The Bertz CT molecular complexity index is 594. The number of aromatic nitrogens is 1. The average Bonchev–Trinajstić information content (AvgIpc) is 2.27. The zero-order valence-corrected chi connectivity index (χ0v) is 11.0. The van der Waals surface area contributed by atoms with Crippen molar-refractivity contribution in [3.05, 3.63) is 24.0 Å². The van der Waals surface area contributed by atoms with Crippen LogP contribution in [0.3, 0.4) is 0 Å². The summed E-state index contributed by atoms with van der Waals surface area (Å²) in [6, 6.07) is 2.82. The molecule has 10 heteroatoms. The number of sulfonamides is 2. The second-order valence-corrected chi connectivity index (χ2v) is 6.96. The normalized spacial score (nSPS) is 12.6. The molecule has 0 saturated heterocycles. The first-order chi connectivity index (χ1) is 8.24. The van der Waals surface area contributed by atoms with Crippen molar-refractivity contribution < 1.29 is 16.8 Å². The summed E-state index contributed by atoms with van der Waals surface area (Å²) in [4.78, 5) is 3.77. The monoisotopic (exact) mass is 294 g/mol. The summed E-state index contributed by atoms with van der Waals surface area (Å²) in [6.07, 6.45) is 1.15. The number of hydrogen-bond donors (Lipinski definition) is 3. The number of hydrogen-bond acceptors (Lipinski definition) is 6. The van der Waals surface area contributed by atoms with Gasteiger partial charge in [0.2, 0.25) is 20.0 Å². The van der Waals surface area contributed by atoms with Crippen LogP contribution in [0.2, 0.25) is 0 Å². The van der Waals surface area contributed by atoms with E-state index in [0.29, 0.717) is 5.69 Å². The summed E-state index contributed by atoms with van der Waals surface area (Å²) >= 11 is 0. The molecule has 1 aromatic heterocycles. The van der Waals surface area contributed by atoms with Gasteiger partial charge in [0.05, 0.1) is 11.4 Å². The van der Waals surface area contributed by atoms with Crippen LogP contribution >= 0.6 is 0 Å².